The summed E-state index contributed by atoms with van der Waals surface area (Å²) in [5, 5.41) is 0. The topological polar surface area (TPSA) is 35.5 Å². The molecule has 0 heterocycles. The molecule has 1 fully saturated rings. The molecule has 2 rings (SSSR count). The van der Waals surface area contributed by atoms with E-state index in [1.54, 1.807) is 0 Å². The Morgan fingerprint density at radius 3 is 2.48 bits per heavy atom. The predicted octanol–water partition coefficient (Wildman–Crippen LogP) is 5.49. The summed E-state index contributed by atoms with van der Waals surface area (Å²) in [7, 11) is 0. The number of ether oxygens (including phenoxy) is 2. The van der Waals surface area contributed by atoms with Crippen LogP contribution in [0.5, 0.6) is 5.75 Å². The van der Waals surface area contributed by atoms with Gasteiger partial charge in [-0.1, -0.05) is 52.5 Å². The van der Waals surface area contributed by atoms with Gasteiger partial charge >= 0.3 is 6.16 Å². The van der Waals surface area contributed by atoms with Crippen LogP contribution < -0.4 is 4.74 Å². The minimum atomic E-state index is -0.697. The molecule has 1 aromatic carbocycles. The summed E-state index contributed by atoms with van der Waals surface area (Å²) in [6.45, 7) is 13.1. The summed E-state index contributed by atoms with van der Waals surface area (Å²) in [4.78, 5) is 11.4. The molecule has 2 atom stereocenters. The normalized spacial score (nSPS) is 26.3. The van der Waals surface area contributed by atoms with Gasteiger partial charge in [0, 0.05) is 0 Å². The largest absolute Gasteiger partial charge is 0.514 e. The van der Waals surface area contributed by atoms with Gasteiger partial charge in [0.2, 0.25) is 0 Å². The number of hydrogen-bond donors (Lipinski definition) is 0. The molecule has 0 N–H and O–H groups in total. The lowest BCUT2D eigenvalue weighted by Crippen LogP contribution is -2.38. The Morgan fingerprint density at radius 1 is 1.26 bits per heavy atom. The van der Waals surface area contributed by atoms with Crippen LogP contribution in [0.2, 0.25) is 0 Å². The zero-order chi connectivity index (χ0) is 17.1. The van der Waals surface area contributed by atoms with Gasteiger partial charge in [-0.15, -0.1) is 0 Å². The molecule has 0 radical (unpaired) electrons. The number of carbonyl (C=O) groups is 1. The number of benzene rings is 1. The quantitative estimate of drug-likeness (QED) is 0.418. The molecule has 1 saturated carbocycles. The lowest BCUT2D eigenvalue weighted by atomic mass is 9.59. The molecule has 23 heavy (non-hydrogen) atoms. The highest BCUT2D eigenvalue weighted by Gasteiger charge is 2.40. The molecule has 0 spiro atoms. The van der Waals surface area contributed by atoms with Crippen LogP contribution in [-0.2, 0) is 10.2 Å². The minimum Gasteiger partial charge on any atom is -0.430 e. The van der Waals surface area contributed by atoms with Gasteiger partial charge in [0.15, 0.2) is 0 Å². The van der Waals surface area contributed by atoms with E-state index in [1.807, 2.05) is 12.1 Å². The van der Waals surface area contributed by atoms with E-state index >= 15 is 0 Å². The van der Waals surface area contributed by atoms with Gasteiger partial charge in [-0.05, 0) is 53.7 Å². The molecular weight excluding hydrogens is 288 g/mol. The molecule has 2 unspecified atom stereocenters. The van der Waals surface area contributed by atoms with Crippen LogP contribution in [0.4, 0.5) is 4.79 Å². The average Bonchev–Trinajstić information content (AvgIpc) is 2.50. The van der Waals surface area contributed by atoms with Crippen LogP contribution in [0.3, 0.4) is 0 Å². The smallest absolute Gasteiger partial charge is 0.430 e. The zero-order valence-electron chi connectivity index (χ0n) is 14.7. The molecule has 0 saturated heterocycles. The molecular formula is C20H28O3. The van der Waals surface area contributed by atoms with Crippen molar-refractivity contribution in [3.05, 3.63) is 42.5 Å². The van der Waals surface area contributed by atoms with E-state index in [0.29, 0.717) is 17.1 Å². The van der Waals surface area contributed by atoms with Gasteiger partial charge < -0.3 is 9.47 Å². The van der Waals surface area contributed by atoms with E-state index in [2.05, 4.69) is 46.4 Å². The van der Waals surface area contributed by atoms with Gasteiger partial charge in [-0.3, -0.25) is 0 Å². The molecule has 0 aliphatic heterocycles. The lowest BCUT2D eigenvalue weighted by Gasteiger charge is -2.46. The van der Waals surface area contributed by atoms with Gasteiger partial charge in [-0.25, -0.2) is 4.79 Å². The maximum Gasteiger partial charge on any atom is 0.514 e. The molecule has 3 heteroatoms. The summed E-state index contributed by atoms with van der Waals surface area (Å²) in [5.41, 5.74) is 1.92. The Balaban J connectivity index is 2.04. The Morgan fingerprint density at radius 2 is 1.91 bits per heavy atom. The highest BCUT2D eigenvalue weighted by Crippen LogP contribution is 2.49. The summed E-state index contributed by atoms with van der Waals surface area (Å²) in [6, 6.07) is 7.84. The van der Waals surface area contributed by atoms with Crippen molar-refractivity contribution in [3.8, 4) is 5.75 Å². The van der Waals surface area contributed by atoms with E-state index < -0.39 is 6.16 Å². The number of carbonyl (C=O) groups excluding carboxylic acids is 1. The third-order valence-electron chi connectivity index (χ3n) is 5.48. The fraction of sp³-hybridized carbons (Fsp3) is 0.550. The Kier molecular flexibility index (Phi) is 5.18. The maximum atomic E-state index is 11.4. The first kappa shape index (κ1) is 17.6. The van der Waals surface area contributed by atoms with E-state index in [1.165, 1.54) is 30.9 Å². The fourth-order valence-corrected chi connectivity index (χ4v) is 3.34. The Hall–Kier alpha value is -1.77. The predicted molar refractivity (Wildman–Crippen MR) is 92.8 cm³/mol. The van der Waals surface area contributed by atoms with Crippen molar-refractivity contribution in [3.63, 3.8) is 0 Å². The molecule has 1 aliphatic rings. The summed E-state index contributed by atoms with van der Waals surface area (Å²) >= 11 is 0. The van der Waals surface area contributed by atoms with Gasteiger partial charge in [0.05, 0.1) is 0 Å². The lowest BCUT2D eigenvalue weighted by molar-refractivity contribution is 0.0979. The molecule has 1 aliphatic carbocycles. The Bertz CT molecular complexity index is 559. The van der Waals surface area contributed by atoms with E-state index in [4.69, 9.17) is 9.47 Å². The van der Waals surface area contributed by atoms with Crippen LogP contribution in [0.25, 0.3) is 0 Å². The molecule has 3 nitrogen and oxygen atoms in total. The zero-order valence-corrected chi connectivity index (χ0v) is 14.7. The highest BCUT2D eigenvalue weighted by atomic mass is 16.7. The third-order valence-corrected chi connectivity index (χ3v) is 5.48. The number of rotatable bonds is 4. The first-order valence-corrected chi connectivity index (χ1v) is 8.33. The summed E-state index contributed by atoms with van der Waals surface area (Å²) < 4.78 is 9.96. The van der Waals surface area contributed by atoms with Crippen LogP contribution in [0.1, 0.15) is 52.5 Å². The van der Waals surface area contributed by atoms with Crippen molar-refractivity contribution in [1.82, 2.24) is 0 Å². The fourth-order valence-electron chi connectivity index (χ4n) is 3.34. The molecule has 1 aromatic rings. The van der Waals surface area contributed by atoms with Crippen LogP contribution >= 0.6 is 0 Å². The maximum absolute atomic E-state index is 11.4. The molecule has 0 amide bonds. The minimum absolute atomic E-state index is 0.155. The molecule has 0 aromatic heterocycles. The van der Waals surface area contributed by atoms with Crippen LogP contribution in [0, 0.1) is 11.3 Å². The van der Waals surface area contributed by atoms with Crippen molar-refractivity contribution in [2.45, 2.75) is 52.4 Å². The monoisotopic (exact) mass is 316 g/mol. The second-order valence-corrected chi connectivity index (χ2v) is 7.63. The van der Waals surface area contributed by atoms with Crippen LogP contribution in [-0.4, -0.2) is 12.8 Å². The average molecular weight is 316 g/mol. The number of hydrogen-bond acceptors (Lipinski definition) is 3. The molecule has 126 valence electrons. The molecule has 0 bridgehead atoms. The standard InChI is InChI=1S/C20H28O3/c1-6-13-22-18(21)23-17-9-7-16(8-10-17)20(5)12-11-19(3,4)15(2)14-20/h6-10,15H,1,11-14H2,2-5H3. The third kappa shape index (κ3) is 4.15. The van der Waals surface area contributed by atoms with Crippen LogP contribution in [0.15, 0.2) is 36.9 Å². The van der Waals surface area contributed by atoms with Crippen molar-refractivity contribution in [1.29, 1.82) is 0 Å². The van der Waals surface area contributed by atoms with E-state index in [-0.39, 0.29) is 12.0 Å². The Labute approximate surface area is 139 Å². The van der Waals surface area contributed by atoms with Gasteiger partial charge in [-0.2, -0.15) is 0 Å². The van der Waals surface area contributed by atoms with Gasteiger partial charge in [0.25, 0.3) is 0 Å². The summed E-state index contributed by atoms with van der Waals surface area (Å²) in [6.07, 6.45) is 4.42. The first-order valence-electron chi connectivity index (χ1n) is 8.33. The van der Waals surface area contributed by atoms with Crippen molar-refractivity contribution >= 4 is 6.16 Å². The summed E-state index contributed by atoms with van der Waals surface area (Å²) in [5.74, 6) is 1.20. The van der Waals surface area contributed by atoms with Crippen molar-refractivity contribution in [2.24, 2.45) is 11.3 Å². The van der Waals surface area contributed by atoms with E-state index in [9.17, 15) is 4.79 Å². The second kappa shape index (κ2) is 6.77. The highest BCUT2D eigenvalue weighted by molar-refractivity contribution is 5.63. The van der Waals surface area contributed by atoms with Gasteiger partial charge in [0.1, 0.15) is 12.4 Å². The first-order chi connectivity index (χ1) is 10.8. The van der Waals surface area contributed by atoms with E-state index in [0.717, 1.165) is 0 Å². The van der Waals surface area contributed by atoms with Crippen molar-refractivity contribution < 1.29 is 14.3 Å². The van der Waals surface area contributed by atoms with Crippen molar-refractivity contribution in [2.75, 3.05) is 6.61 Å². The second-order valence-electron chi connectivity index (χ2n) is 7.63. The SMILES string of the molecule is C=CCOC(=O)Oc1ccc(C2(C)CCC(C)(C)C(C)C2)cc1.